The number of ether oxygens (including phenoxy) is 1. The molecule has 0 bridgehead atoms. The molecular formula is C22H22Cl2N2O3. The maximum absolute atomic E-state index is 13.3. The second-order valence-electron chi connectivity index (χ2n) is 7.58. The van der Waals surface area contributed by atoms with Gasteiger partial charge in [0, 0.05) is 18.9 Å². The average Bonchev–Trinajstić information content (AvgIpc) is 3.55. The number of piperidine rings is 1. The fourth-order valence-electron chi connectivity index (χ4n) is 3.64. The maximum atomic E-state index is 13.3. The van der Waals surface area contributed by atoms with Crippen molar-refractivity contribution >= 4 is 34.9 Å². The molecule has 2 aliphatic rings. The topological polar surface area (TPSA) is 59.5 Å². The van der Waals surface area contributed by atoms with Gasteiger partial charge in [0.1, 0.15) is 5.75 Å². The highest BCUT2D eigenvalue weighted by molar-refractivity contribution is 6.42. The Kier molecular flexibility index (Phi) is 6.07. The lowest BCUT2D eigenvalue weighted by Crippen LogP contribution is -2.48. The van der Waals surface area contributed by atoms with Crippen LogP contribution in [0.5, 0.6) is 5.75 Å². The zero-order valence-electron chi connectivity index (χ0n) is 15.9. The molecule has 2 heterocycles. The number of amides is 1. The molecule has 0 unspecified atom stereocenters. The summed E-state index contributed by atoms with van der Waals surface area (Å²) in [5.74, 6) is 0.376. The quantitative estimate of drug-likeness (QED) is 0.618. The predicted molar refractivity (Wildman–Crippen MR) is 112 cm³/mol. The van der Waals surface area contributed by atoms with E-state index in [1.165, 1.54) is 0 Å². The number of nitrogens with zero attached hydrogens (tertiary/aromatic N) is 2. The lowest BCUT2D eigenvalue weighted by Gasteiger charge is -2.35. The molecule has 1 aliphatic heterocycles. The summed E-state index contributed by atoms with van der Waals surface area (Å²) in [5, 5.41) is 0.870. The molecule has 1 saturated heterocycles. The molecule has 2 aromatic rings. The Morgan fingerprint density at radius 2 is 1.93 bits per heavy atom. The number of likely N-dealkylation sites (tertiary alicyclic amines) is 1. The molecule has 0 radical (unpaired) electrons. The van der Waals surface area contributed by atoms with Gasteiger partial charge in [-0.1, -0.05) is 29.3 Å². The van der Waals surface area contributed by atoms with Crippen molar-refractivity contribution in [1.82, 2.24) is 9.88 Å². The van der Waals surface area contributed by atoms with Gasteiger partial charge >= 0.3 is 0 Å². The Hall–Kier alpha value is -2.11. The molecule has 1 saturated carbocycles. The minimum atomic E-state index is -0.496. The molecule has 1 aromatic carbocycles. The first-order valence-electron chi connectivity index (χ1n) is 9.91. The molecule has 4 rings (SSSR count). The second-order valence-corrected chi connectivity index (χ2v) is 8.39. The zero-order valence-corrected chi connectivity index (χ0v) is 17.5. The minimum absolute atomic E-state index is 0.0880. The summed E-state index contributed by atoms with van der Waals surface area (Å²) < 4.78 is 5.89. The van der Waals surface area contributed by atoms with E-state index in [9.17, 15) is 9.59 Å². The van der Waals surface area contributed by atoms with Crippen LogP contribution in [0.15, 0.2) is 36.7 Å². The lowest BCUT2D eigenvalue weighted by atomic mass is 9.94. The molecule has 1 amide bonds. The first kappa shape index (κ1) is 20.2. The van der Waals surface area contributed by atoms with Crippen molar-refractivity contribution in [2.75, 3.05) is 6.54 Å². The summed E-state index contributed by atoms with van der Waals surface area (Å²) in [7, 11) is 0. The average molecular weight is 433 g/mol. The first-order chi connectivity index (χ1) is 14.0. The normalized spacial score (nSPS) is 19.1. The molecule has 2 fully saturated rings. The summed E-state index contributed by atoms with van der Waals surface area (Å²) in [6.45, 7) is 0.565. The van der Waals surface area contributed by atoms with Gasteiger partial charge in [0.05, 0.1) is 34.2 Å². The summed E-state index contributed by atoms with van der Waals surface area (Å²) in [5.41, 5.74) is 1.24. The molecule has 1 aromatic heterocycles. The van der Waals surface area contributed by atoms with Crippen molar-refractivity contribution in [2.45, 2.75) is 50.7 Å². The molecule has 0 N–H and O–H groups in total. The van der Waals surface area contributed by atoms with E-state index < -0.39 is 6.04 Å². The SMILES string of the molecule is O=C(c1cnccc1OC1CC1)[C@H]1CCCCN1C(=O)Cc1ccc(Cl)c(Cl)c1. The number of aromatic nitrogens is 1. The van der Waals surface area contributed by atoms with E-state index in [0.717, 1.165) is 31.2 Å². The zero-order chi connectivity index (χ0) is 20.4. The van der Waals surface area contributed by atoms with Gasteiger partial charge in [-0.05, 0) is 55.9 Å². The number of carbonyl (C=O) groups excluding carboxylic acids is 2. The van der Waals surface area contributed by atoms with Crippen molar-refractivity contribution in [1.29, 1.82) is 0 Å². The Morgan fingerprint density at radius 1 is 1.10 bits per heavy atom. The van der Waals surface area contributed by atoms with Crippen molar-refractivity contribution < 1.29 is 14.3 Å². The smallest absolute Gasteiger partial charge is 0.227 e. The molecule has 1 aliphatic carbocycles. The van der Waals surface area contributed by atoms with E-state index in [4.69, 9.17) is 27.9 Å². The molecule has 7 heteroatoms. The molecule has 0 spiro atoms. The predicted octanol–water partition coefficient (Wildman–Crippen LogP) is 4.74. The van der Waals surface area contributed by atoms with Gasteiger partial charge in [-0.3, -0.25) is 14.6 Å². The minimum Gasteiger partial charge on any atom is -0.490 e. The van der Waals surface area contributed by atoms with E-state index in [1.807, 2.05) is 0 Å². The first-order valence-corrected chi connectivity index (χ1v) is 10.7. The Morgan fingerprint density at radius 3 is 2.69 bits per heavy atom. The number of hydrogen-bond donors (Lipinski definition) is 0. The number of ketones is 1. The number of pyridine rings is 1. The molecule has 5 nitrogen and oxygen atoms in total. The third-order valence-electron chi connectivity index (χ3n) is 5.33. The monoisotopic (exact) mass is 432 g/mol. The van der Waals surface area contributed by atoms with Crippen molar-refractivity contribution in [3.05, 3.63) is 57.8 Å². The number of rotatable bonds is 6. The van der Waals surface area contributed by atoms with Crippen molar-refractivity contribution in [2.24, 2.45) is 0 Å². The van der Waals surface area contributed by atoms with Gasteiger partial charge in [-0.2, -0.15) is 0 Å². The standard InChI is InChI=1S/C22H22Cl2N2O3/c23-17-7-4-14(11-18(17)24)12-21(27)26-10-2-1-3-19(26)22(28)16-13-25-9-8-20(16)29-15-5-6-15/h4,7-9,11,13,15,19H,1-3,5-6,10,12H2/t19-/m1/s1. The van der Waals surface area contributed by atoms with Gasteiger partial charge in [-0.15, -0.1) is 0 Å². The maximum Gasteiger partial charge on any atom is 0.227 e. The largest absolute Gasteiger partial charge is 0.490 e. The van der Waals surface area contributed by atoms with Crippen LogP contribution in [0.2, 0.25) is 10.0 Å². The van der Waals surface area contributed by atoms with Crippen molar-refractivity contribution in [3.8, 4) is 5.75 Å². The van der Waals surface area contributed by atoms with Crippen LogP contribution in [0.3, 0.4) is 0 Å². The van der Waals surface area contributed by atoms with E-state index in [-0.39, 0.29) is 24.2 Å². The van der Waals surface area contributed by atoms with Crippen LogP contribution in [-0.4, -0.2) is 40.3 Å². The molecule has 152 valence electrons. The third-order valence-corrected chi connectivity index (χ3v) is 6.07. The number of benzene rings is 1. The highest BCUT2D eigenvalue weighted by Crippen LogP contribution is 2.31. The molecule has 29 heavy (non-hydrogen) atoms. The number of halogens is 2. The highest BCUT2D eigenvalue weighted by atomic mass is 35.5. The number of carbonyl (C=O) groups is 2. The number of hydrogen-bond acceptors (Lipinski definition) is 4. The fourth-order valence-corrected chi connectivity index (χ4v) is 3.96. The third kappa shape index (κ3) is 4.73. The van der Waals surface area contributed by atoms with Crippen LogP contribution in [-0.2, 0) is 11.2 Å². The summed E-state index contributed by atoms with van der Waals surface area (Å²) >= 11 is 12.0. The Bertz CT molecular complexity index is 930. The Balaban J connectivity index is 1.53. The van der Waals surface area contributed by atoms with E-state index in [1.54, 1.807) is 41.6 Å². The fraction of sp³-hybridized carbons (Fsp3) is 0.409. The molecule has 1 atom stereocenters. The van der Waals surface area contributed by atoms with E-state index in [2.05, 4.69) is 4.98 Å². The lowest BCUT2D eigenvalue weighted by molar-refractivity contribution is -0.133. The van der Waals surface area contributed by atoms with Crippen LogP contribution in [0.1, 0.15) is 48.0 Å². The highest BCUT2D eigenvalue weighted by Gasteiger charge is 2.35. The van der Waals surface area contributed by atoms with Gasteiger partial charge < -0.3 is 9.64 Å². The van der Waals surface area contributed by atoms with Crippen LogP contribution in [0.25, 0.3) is 0 Å². The van der Waals surface area contributed by atoms with Crippen molar-refractivity contribution in [3.63, 3.8) is 0 Å². The Labute approximate surface area is 180 Å². The number of Topliss-reactive ketones (excluding diaryl/α,β-unsaturated/α-hetero) is 1. The summed E-state index contributed by atoms with van der Waals surface area (Å²) in [6, 6.07) is 6.41. The summed E-state index contributed by atoms with van der Waals surface area (Å²) in [6.07, 6.45) is 7.99. The van der Waals surface area contributed by atoms with Gasteiger partial charge in [0.15, 0.2) is 5.78 Å². The van der Waals surface area contributed by atoms with Gasteiger partial charge in [-0.25, -0.2) is 0 Å². The van der Waals surface area contributed by atoms with Crippen LogP contribution in [0, 0.1) is 0 Å². The second kappa shape index (κ2) is 8.72. The van der Waals surface area contributed by atoms with Crippen LogP contribution in [0.4, 0.5) is 0 Å². The van der Waals surface area contributed by atoms with E-state index in [0.29, 0.717) is 34.3 Å². The van der Waals surface area contributed by atoms with E-state index >= 15 is 0 Å². The van der Waals surface area contributed by atoms with Gasteiger partial charge in [0.25, 0.3) is 0 Å². The van der Waals surface area contributed by atoms with Gasteiger partial charge in [0.2, 0.25) is 5.91 Å². The summed E-state index contributed by atoms with van der Waals surface area (Å²) in [4.78, 5) is 32.2. The van der Waals surface area contributed by atoms with Crippen LogP contribution >= 0.6 is 23.2 Å². The molecular weight excluding hydrogens is 411 g/mol. The van der Waals surface area contributed by atoms with Crippen LogP contribution < -0.4 is 4.74 Å².